The van der Waals surface area contributed by atoms with Crippen LogP contribution in [-0.2, 0) is 12.3 Å². The Kier molecular flexibility index (Phi) is 3.70. The van der Waals surface area contributed by atoms with Gasteiger partial charge in [-0.3, -0.25) is 0 Å². The highest BCUT2D eigenvalue weighted by Crippen LogP contribution is 2.25. The Morgan fingerprint density at radius 3 is 2.86 bits per heavy atom. The van der Waals surface area contributed by atoms with Crippen molar-refractivity contribution >= 4 is 23.4 Å². The number of halogens is 1. The van der Waals surface area contributed by atoms with Crippen LogP contribution in [0.25, 0.3) is 0 Å². The molecule has 1 fully saturated rings. The highest BCUT2D eigenvalue weighted by Gasteiger charge is 2.17. The molecule has 0 saturated carbocycles. The van der Waals surface area contributed by atoms with E-state index in [0.717, 1.165) is 18.2 Å². The Bertz CT molecular complexity index is 286. The Labute approximate surface area is 92.6 Å². The first-order chi connectivity index (χ1) is 6.88. The second-order valence-corrected chi connectivity index (χ2v) is 4.99. The number of hydrogen-bond donors (Lipinski definition) is 0. The Morgan fingerprint density at radius 2 is 2.21 bits per heavy atom. The fourth-order valence-corrected chi connectivity index (χ4v) is 2.94. The van der Waals surface area contributed by atoms with E-state index in [1.807, 2.05) is 11.8 Å². The summed E-state index contributed by atoms with van der Waals surface area (Å²) in [7, 11) is 0. The minimum Gasteiger partial charge on any atom is -0.339 e. The van der Waals surface area contributed by atoms with Crippen molar-refractivity contribution in [2.75, 3.05) is 11.5 Å². The smallest absolute Gasteiger partial charge is 0.226 e. The minimum atomic E-state index is 0.337. The standard InChI is InChI=1S/C9H13ClN2OS/c10-6-8-11-9(13-12-8)5-7-1-3-14-4-2-7/h7H,1-6H2. The second-order valence-electron chi connectivity index (χ2n) is 3.50. The molecule has 2 heterocycles. The fraction of sp³-hybridized carbons (Fsp3) is 0.778. The zero-order valence-corrected chi connectivity index (χ0v) is 9.48. The van der Waals surface area contributed by atoms with Crippen LogP contribution in [0.1, 0.15) is 24.6 Å². The summed E-state index contributed by atoms with van der Waals surface area (Å²) >= 11 is 7.63. The van der Waals surface area contributed by atoms with Gasteiger partial charge >= 0.3 is 0 Å². The van der Waals surface area contributed by atoms with E-state index >= 15 is 0 Å². The number of thioether (sulfide) groups is 1. The van der Waals surface area contributed by atoms with Gasteiger partial charge in [0.05, 0.1) is 5.88 Å². The van der Waals surface area contributed by atoms with Crippen molar-refractivity contribution in [1.29, 1.82) is 0 Å². The van der Waals surface area contributed by atoms with Crippen molar-refractivity contribution in [1.82, 2.24) is 10.1 Å². The maximum atomic E-state index is 5.59. The van der Waals surface area contributed by atoms with Crippen LogP contribution in [0.3, 0.4) is 0 Å². The Hall–Kier alpha value is -0.220. The van der Waals surface area contributed by atoms with Gasteiger partial charge in [0.15, 0.2) is 5.82 Å². The molecule has 5 heteroatoms. The monoisotopic (exact) mass is 232 g/mol. The van der Waals surface area contributed by atoms with Crippen molar-refractivity contribution in [3.05, 3.63) is 11.7 Å². The van der Waals surface area contributed by atoms with E-state index in [1.54, 1.807) is 0 Å². The SMILES string of the molecule is ClCc1noc(CC2CCSCC2)n1. The summed E-state index contributed by atoms with van der Waals surface area (Å²) in [5.74, 6) is 4.94. The lowest BCUT2D eigenvalue weighted by molar-refractivity contribution is 0.342. The molecule has 0 spiro atoms. The van der Waals surface area contributed by atoms with Crippen LogP contribution in [0.15, 0.2) is 4.52 Å². The molecular formula is C9H13ClN2OS. The molecule has 0 atom stereocenters. The van der Waals surface area contributed by atoms with E-state index in [2.05, 4.69) is 10.1 Å². The molecule has 14 heavy (non-hydrogen) atoms. The Morgan fingerprint density at radius 1 is 1.43 bits per heavy atom. The van der Waals surface area contributed by atoms with E-state index in [0.29, 0.717) is 11.7 Å². The summed E-state index contributed by atoms with van der Waals surface area (Å²) in [6.45, 7) is 0. The van der Waals surface area contributed by atoms with E-state index < -0.39 is 0 Å². The highest BCUT2D eigenvalue weighted by atomic mass is 35.5. The first kappa shape index (κ1) is 10.3. The Balaban J connectivity index is 1.89. The minimum absolute atomic E-state index is 0.337. The van der Waals surface area contributed by atoms with Gasteiger partial charge in [0.1, 0.15) is 0 Å². The van der Waals surface area contributed by atoms with Gasteiger partial charge in [-0.15, -0.1) is 11.6 Å². The highest BCUT2D eigenvalue weighted by molar-refractivity contribution is 7.99. The van der Waals surface area contributed by atoms with Gasteiger partial charge in [-0.05, 0) is 30.3 Å². The van der Waals surface area contributed by atoms with Crippen molar-refractivity contribution < 1.29 is 4.52 Å². The molecule has 2 rings (SSSR count). The summed E-state index contributed by atoms with van der Waals surface area (Å²) in [6.07, 6.45) is 3.46. The van der Waals surface area contributed by atoms with Gasteiger partial charge < -0.3 is 4.52 Å². The largest absolute Gasteiger partial charge is 0.339 e. The van der Waals surface area contributed by atoms with E-state index in [4.69, 9.17) is 16.1 Å². The molecule has 0 amide bonds. The lowest BCUT2D eigenvalue weighted by Crippen LogP contribution is -2.12. The van der Waals surface area contributed by atoms with Crippen LogP contribution in [0.4, 0.5) is 0 Å². The maximum Gasteiger partial charge on any atom is 0.226 e. The third kappa shape index (κ3) is 2.64. The van der Waals surface area contributed by atoms with Crippen molar-refractivity contribution in [2.45, 2.75) is 25.1 Å². The molecule has 1 aromatic heterocycles. The molecule has 1 saturated heterocycles. The normalized spacial score (nSPS) is 18.6. The average molecular weight is 233 g/mol. The summed E-state index contributed by atoms with van der Waals surface area (Å²) in [5, 5.41) is 3.78. The zero-order valence-electron chi connectivity index (χ0n) is 7.91. The lowest BCUT2D eigenvalue weighted by Gasteiger charge is -2.19. The maximum absolute atomic E-state index is 5.59. The van der Waals surface area contributed by atoms with Crippen LogP contribution in [0.2, 0.25) is 0 Å². The molecule has 0 aromatic carbocycles. The molecule has 0 unspecified atom stereocenters. The second kappa shape index (κ2) is 5.03. The van der Waals surface area contributed by atoms with Gasteiger partial charge in [-0.2, -0.15) is 16.7 Å². The van der Waals surface area contributed by atoms with Gasteiger partial charge in [0, 0.05) is 6.42 Å². The predicted octanol–water partition coefficient (Wildman–Crippen LogP) is 2.49. The van der Waals surface area contributed by atoms with E-state index in [9.17, 15) is 0 Å². The lowest BCUT2D eigenvalue weighted by atomic mass is 9.99. The third-order valence-electron chi connectivity index (χ3n) is 2.43. The summed E-state index contributed by atoms with van der Waals surface area (Å²) in [6, 6.07) is 0. The van der Waals surface area contributed by atoms with Crippen LogP contribution < -0.4 is 0 Å². The van der Waals surface area contributed by atoms with Crippen LogP contribution in [0.5, 0.6) is 0 Å². The van der Waals surface area contributed by atoms with Crippen molar-refractivity contribution in [2.24, 2.45) is 5.92 Å². The molecule has 1 aliphatic heterocycles. The molecule has 0 N–H and O–H groups in total. The van der Waals surface area contributed by atoms with Gasteiger partial charge in [-0.1, -0.05) is 5.16 Å². The van der Waals surface area contributed by atoms with E-state index in [-0.39, 0.29) is 0 Å². The van der Waals surface area contributed by atoms with Gasteiger partial charge in [0.2, 0.25) is 5.89 Å². The van der Waals surface area contributed by atoms with E-state index in [1.165, 1.54) is 24.3 Å². The number of nitrogens with zero attached hydrogens (tertiary/aromatic N) is 2. The molecule has 3 nitrogen and oxygen atoms in total. The van der Waals surface area contributed by atoms with Crippen molar-refractivity contribution in [3.63, 3.8) is 0 Å². The molecule has 0 aliphatic carbocycles. The predicted molar refractivity (Wildman–Crippen MR) is 57.6 cm³/mol. The molecule has 1 aliphatic rings. The number of rotatable bonds is 3. The van der Waals surface area contributed by atoms with Crippen molar-refractivity contribution in [3.8, 4) is 0 Å². The molecule has 78 valence electrons. The summed E-state index contributed by atoms with van der Waals surface area (Å²) in [5.41, 5.74) is 0. The number of aromatic nitrogens is 2. The third-order valence-corrected chi connectivity index (χ3v) is 3.72. The van der Waals surface area contributed by atoms with Gasteiger partial charge in [0.25, 0.3) is 0 Å². The number of hydrogen-bond acceptors (Lipinski definition) is 4. The summed E-state index contributed by atoms with van der Waals surface area (Å²) < 4.78 is 5.11. The number of alkyl halides is 1. The molecule has 0 radical (unpaired) electrons. The fourth-order valence-electron chi connectivity index (χ4n) is 1.62. The van der Waals surface area contributed by atoms with Crippen LogP contribution >= 0.6 is 23.4 Å². The molecular weight excluding hydrogens is 220 g/mol. The summed E-state index contributed by atoms with van der Waals surface area (Å²) in [4.78, 5) is 4.21. The topological polar surface area (TPSA) is 38.9 Å². The first-order valence-corrected chi connectivity index (χ1v) is 6.52. The zero-order chi connectivity index (χ0) is 9.80. The van der Waals surface area contributed by atoms with Crippen LogP contribution in [0, 0.1) is 5.92 Å². The molecule has 1 aromatic rings. The molecule has 0 bridgehead atoms. The quantitative estimate of drug-likeness (QED) is 0.751. The van der Waals surface area contributed by atoms with Gasteiger partial charge in [-0.25, -0.2) is 0 Å². The first-order valence-electron chi connectivity index (χ1n) is 4.83. The van der Waals surface area contributed by atoms with Crippen LogP contribution in [-0.4, -0.2) is 21.6 Å². The average Bonchev–Trinajstić information content (AvgIpc) is 2.67.